The molecular formula is C24H31N3O4. The number of imidazole rings is 1. The van der Waals surface area contributed by atoms with Crippen LogP contribution in [0.15, 0.2) is 47.3 Å². The molecule has 0 radical (unpaired) electrons. The summed E-state index contributed by atoms with van der Waals surface area (Å²) in [5.41, 5.74) is 2.69. The van der Waals surface area contributed by atoms with Gasteiger partial charge in [-0.15, -0.1) is 0 Å². The molecule has 0 spiro atoms. The van der Waals surface area contributed by atoms with Crippen molar-refractivity contribution in [3.63, 3.8) is 0 Å². The predicted molar refractivity (Wildman–Crippen MR) is 122 cm³/mol. The largest absolute Gasteiger partial charge is 0.493 e. The topological polar surface area (TPSA) is 65.7 Å². The van der Waals surface area contributed by atoms with Crippen LogP contribution in [0.5, 0.6) is 11.5 Å². The average molecular weight is 426 g/mol. The van der Waals surface area contributed by atoms with Gasteiger partial charge in [0.1, 0.15) is 0 Å². The molecule has 0 bridgehead atoms. The van der Waals surface area contributed by atoms with Gasteiger partial charge in [-0.2, -0.15) is 0 Å². The van der Waals surface area contributed by atoms with E-state index < -0.39 is 0 Å². The zero-order chi connectivity index (χ0) is 22.4. The van der Waals surface area contributed by atoms with Gasteiger partial charge in [-0.25, -0.2) is 4.79 Å². The summed E-state index contributed by atoms with van der Waals surface area (Å²) in [6, 6.07) is 13.4. The number of fused-ring (bicyclic) bond motifs is 1. The molecule has 2 aromatic carbocycles. The first-order chi connectivity index (χ1) is 15.0. The molecule has 0 saturated heterocycles. The van der Waals surface area contributed by atoms with Gasteiger partial charge in [0, 0.05) is 32.6 Å². The third-order valence-corrected chi connectivity index (χ3v) is 5.48. The molecule has 166 valence electrons. The first-order valence-electron chi connectivity index (χ1n) is 10.7. The number of benzene rings is 2. The molecule has 0 atom stereocenters. The van der Waals surface area contributed by atoms with Crippen molar-refractivity contribution < 1.29 is 14.3 Å². The van der Waals surface area contributed by atoms with E-state index in [9.17, 15) is 9.59 Å². The van der Waals surface area contributed by atoms with E-state index in [1.807, 2.05) is 49.4 Å². The summed E-state index contributed by atoms with van der Waals surface area (Å²) in [6.45, 7) is 6.09. The van der Waals surface area contributed by atoms with Gasteiger partial charge in [0.2, 0.25) is 5.91 Å². The summed E-state index contributed by atoms with van der Waals surface area (Å²) in [5, 5.41) is 0. The van der Waals surface area contributed by atoms with E-state index in [0.29, 0.717) is 37.7 Å². The van der Waals surface area contributed by atoms with Crippen molar-refractivity contribution in [3.05, 3.63) is 58.5 Å². The van der Waals surface area contributed by atoms with Crippen LogP contribution in [0.2, 0.25) is 0 Å². The van der Waals surface area contributed by atoms with Gasteiger partial charge >= 0.3 is 5.69 Å². The number of carbonyl (C=O) groups excluding carboxylic acids is 1. The Labute approximate surface area is 182 Å². The summed E-state index contributed by atoms with van der Waals surface area (Å²) in [4.78, 5) is 27.7. The Morgan fingerprint density at radius 1 is 0.935 bits per heavy atom. The molecule has 7 heteroatoms. The van der Waals surface area contributed by atoms with Crippen molar-refractivity contribution in [1.29, 1.82) is 0 Å². The van der Waals surface area contributed by atoms with E-state index in [0.717, 1.165) is 23.0 Å². The first kappa shape index (κ1) is 22.5. The van der Waals surface area contributed by atoms with Crippen molar-refractivity contribution in [3.8, 4) is 11.5 Å². The van der Waals surface area contributed by atoms with Gasteiger partial charge in [0.25, 0.3) is 0 Å². The lowest BCUT2D eigenvalue weighted by Crippen LogP contribution is -2.32. The Hall–Kier alpha value is -3.22. The lowest BCUT2D eigenvalue weighted by Gasteiger charge is -2.22. The third kappa shape index (κ3) is 4.76. The Morgan fingerprint density at radius 3 is 2.16 bits per heavy atom. The molecule has 31 heavy (non-hydrogen) atoms. The molecule has 0 N–H and O–H groups in total. The minimum absolute atomic E-state index is 0.0107. The zero-order valence-electron chi connectivity index (χ0n) is 18.8. The standard InChI is InChI=1S/C24H31N3O4/c1-5-14-26-19-9-7-8-10-20(19)27(24(26)29)15-13-23(28)25(6-2)17-18-11-12-21(30-3)22(16-18)31-4/h7-12,16H,5-6,13-15,17H2,1-4H3. The van der Waals surface area contributed by atoms with Crippen molar-refractivity contribution >= 4 is 16.9 Å². The van der Waals surface area contributed by atoms with E-state index in [2.05, 4.69) is 6.92 Å². The number of carbonyl (C=O) groups is 1. The van der Waals surface area contributed by atoms with Gasteiger partial charge in [-0.3, -0.25) is 13.9 Å². The van der Waals surface area contributed by atoms with Gasteiger partial charge < -0.3 is 14.4 Å². The monoisotopic (exact) mass is 425 g/mol. The summed E-state index contributed by atoms with van der Waals surface area (Å²) >= 11 is 0. The highest BCUT2D eigenvalue weighted by atomic mass is 16.5. The second-order valence-corrected chi connectivity index (χ2v) is 7.42. The van der Waals surface area contributed by atoms with Crippen LogP contribution in [0.1, 0.15) is 32.3 Å². The molecule has 3 rings (SSSR count). The van der Waals surface area contributed by atoms with Crippen molar-refractivity contribution in [2.45, 2.75) is 46.3 Å². The maximum atomic E-state index is 13.0. The molecule has 0 aliphatic heterocycles. The highest BCUT2D eigenvalue weighted by Gasteiger charge is 2.17. The Kier molecular flexibility index (Phi) is 7.39. The maximum Gasteiger partial charge on any atom is 0.329 e. The number of hydrogen-bond donors (Lipinski definition) is 0. The Morgan fingerprint density at radius 2 is 1.58 bits per heavy atom. The molecular weight excluding hydrogens is 394 g/mol. The van der Waals surface area contributed by atoms with Crippen molar-refractivity contribution in [1.82, 2.24) is 14.0 Å². The van der Waals surface area contributed by atoms with E-state index >= 15 is 0 Å². The normalized spacial score (nSPS) is 11.0. The number of methoxy groups -OCH3 is 2. The second kappa shape index (κ2) is 10.2. The van der Waals surface area contributed by atoms with Crippen LogP contribution >= 0.6 is 0 Å². The minimum Gasteiger partial charge on any atom is -0.493 e. The number of rotatable bonds is 10. The number of hydrogen-bond acceptors (Lipinski definition) is 4. The molecule has 1 heterocycles. The van der Waals surface area contributed by atoms with Gasteiger partial charge in [-0.05, 0) is 43.2 Å². The highest BCUT2D eigenvalue weighted by molar-refractivity contribution is 5.78. The Balaban J connectivity index is 1.75. The fourth-order valence-corrected chi connectivity index (χ4v) is 3.87. The number of amides is 1. The number of ether oxygens (including phenoxy) is 2. The Bertz CT molecular complexity index is 1100. The third-order valence-electron chi connectivity index (χ3n) is 5.48. The number of aryl methyl sites for hydroxylation is 2. The van der Waals surface area contributed by atoms with Crippen LogP contribution in [0.25, 0.3) is 11.0 Å². The second-order valence-electron chi connectivity index (χ2n) is 7.42. The molecule has 0 aliphatic carbocycles. The van der Waals surface area contributed by atoms with Gasteiger partial charge in [-0.1, -0.05) is 25.1 Å². The van der Waals surface area contributed by atoms with Crippen LogP contribution in [-0.2, 0) is 24.4 Å². The van der Waals surface area contributed by atoms with Gasteiger partial charge in [0.15, 0.2) is 11.5 Å². The van der Waals surface area contributed by atoms with E-state index in [-0.39, 0.29) is 18.0 Å². The molecule has 0 aliphatic rings. The number of para-hydroxylation sites is 2. The maximum absolute atomic E-state index is 13.0. The molecule has 7 nitrogen and oxygen atoms in total. The fraction of sp³-hybridized carbons (Fsp3) is 0.417. The van der Waals surface area contributed by atoms with Crippen LogP contribution in [-0.4, -0.2) is 40.7 Å². The van der Waals surface area contributed by atoms with E-state index in [1.165, 1.54) is 0 Å². The fourth-order valence-electron chi connectivity index (χ4n) is 3.87. The number of aromatic nitrogens is 2. The number of nitrogens with zero attached hydrogens (tertiary/aromatic N) is 3. The van der Waals surface area contributed by atoms with Crippen molar-refractivity contribution in [2.24, 2.45) is 0 Å². The van der Waals surface area contributed by atoms with E-state index in [4.69, 9.17) is 9.47 Å². The molecule has 0 fully saturated rings. The average Bonchev–Trinajstić information content (AvgIpc) is 3.06. The summed E-state index contributed by atoms with van der Waals surface area (Å²) in [7, 11) is 3.19. The van der Waals surface area contributed by atoms with Crippen LogP contribution in [0.4, 0.5) is 0 Å². The van der Waals surface area contributed by atoms with Crippen LogP contribution in [0.3, 0.4) is 0 Å². The molecule has 3 aromatic rings. The molecule has 1 aromatic heterocycles. The summed E-state index contributed by atoms with van der Waals surface area (Å²) in [5.74, 6) is 1.30. The van der Waals surface area contributed by atoms with Crippen LogP contribution < -0.4 is 15.2 Å². The first-order valence-corrected chi connectivity index (χ1v) is 10.7. The zero-order valence-corrected chi connectivity index (χ0v) is 18.8. The summed E-state index contributed by atoms with van der Waals surface area (Å²) < 4.78 is 14.2. The molecule has 0 unspecified atom stereocenters. The lowest BCUT2D eigenvalue weighted by atomic mass is 10.1. The smallest absolute Gasteiger partial charge is 0.329 e. The van der Waals surface area contributed by atoms with E-state index in [1.54, 1.807) is 28.3 Å². The quantitative estimate of drug-likeness (QED) is 0.497. The molecule has 0 saturated carbocycles. The van der Waals surface area contributed by atoms with Gasteiger partial charge in [0.05, 0.1) is 25.3 Å². The SMILES string of the molecule is CCCn1c(=O)n(CCC(=O)N(CC)Cc2ccc(OC)c(OC)c2)c2ccccc21. The van der Waals surface area contributed by atoms with Crippen molar-refractivity contribution in [2.75, 3.05) is 20.8 Å². The molecule has 1 amide bonds. The minimum atomic E-state index is -0.0567. The predicted octanol–water partition coefficient (Wildman–Crippen LogP) is 3.67. The summed E-state index contributed by atoms with van der Waals surface area (Å²) in [6.07, 6.45) is 1.14. The lowest BCUT2D eigenvalue weighted by molar-refractivity contribution is -0.131. The highest BCUT2D eigenvalue weighted by Crippen LogP contribution is 2.28. The van der Waals surface area contributed by atoms with Crippen LogP contribution in [0, 0.1) is 0 Å².